The number of quaternary nitrogens is 1. The van der Waals surface area contributed by atoms with Gasteiger partial charge in [-0.25, -0.2) is 4.79 Å². The third-order valence-corrected chi connectivity index (χ3v) is 13.2. The number of rotatable bonds is 58. The molecule has 0 saturated heterocycles. The molecule has 1 N–H and O–H groups in total. The minimum absolute atomic E-state index is 0.172. The maximum atomic E-state index is 12.9. The van der Waals surface area contributed by atoms with E-state index in [1.807, 2.05) is 21.1 Å². The number of carbonyl (C=O) groups is 3. The van der Waals surface area contributed by atoms with Crippen LogP contribution in [0.15, 0.2) is 182 Å². The summed E-state index contributed by atoms with van der Waals surface area (Å²) in [6.45, 7) is 4.59. The predicted molar refractivity (Wildman–Crippen MR) is 363 cm³/mol. The van der Waals surface area contributed by atoms with Crippen LogP contribution in [0, 0.1) is 0 Å². The molecule has 9 heteroatoms. The van der Waals surface area contributed by atoms with Gasteiger partial charge in [0.1, 0.15) is 13.2 Å². The highest BCUT2D eigenvalue weighted by atomic mass is 16.7. The second-order valence-corrected chi connectivity index (χ2v) is 22.3. The van der Waals surface area contributed by atoms with Crippen molar-refractivity contribution >= 4 is 17.9 Å². The van der Waals surface area contributed by atoms with Crippen LogP contribution in [0.3, 0.4) is 0 Å². The number of carboxylic acid groups (broad SMARTS) is 1. The van der Waals surface area contributed by atoms with Gasteiger partial charge in [0.15, 0.2) is 6.10 Å². The molecule has 0 aliphatic carbocycles. The summed E-state index contributed by atoms with van der Waals surface area (Å²) in [5, 5.41) is 9.73. The standard InChI is InChI=1S/C76H119NO8/c1-6-8-10-12-14-16-18-20-22-24-26-28-29-30-31-32-33-34-35-36-37-38-39-40-41-42-43-44-45-47-49-51-53-55-57-59-61-63-65-67-74(79)85-72(71-84-76(75(80)81)82-69-68-77(3,4)5)70-83-73(78)66-64-62-60-58-56-54-52-50-48-46-27-25-23-21-19-17-15-13-11-9-7-2/h8-11,14-17,20-23,26-28,30-31,33-34,36-37,39-40,42-43,45-47,50,52,72,76H,6-7,12-13,18-19,24-25,29,32,35,38,41,44,48-49,51,53-71H2,1-5H3/p+1/b10-8-,11-9-,16-14-,17-15-,22-20-,23-21-,28-26-,31-30-,34-33-,37-36-,40-39-,43-42-,46-27-,47-45-,52-50-. The lowest BCUT2D eigenvalue weighted by Crippen LogP contribution is -2.40. The summed E-state index contributed by atoms with van der Waals surface area (Å²) < 4.78 is 22.9. The van der Waals surface area contributed by atoms with Gasteiger partial charge in [0.05, 0.1) is 34.4 Å². The van der Waals surface area contributed by atoms with Crippen LogP contribution in [-0.2, 0) is 33.3 Å². The molecule has 0 radical (unpaired) electrons. The van der Waals surface area contributed by atoms with E-state index in [2.05, 4.69) is 196 Å². The molecule has 85 heavy (non-hydrogen) atoms. The second-order valence-electron chi connectivity index (χ2n) is 22.3. The molecule has 0 aliphatic rings. The quantitative estimate of drug-likeness (QED) is 0.0211. The number of hydrogen-bond donors (Lipinski definition) is 1. The largest absolute Gasteiger partial charge is 0.477 e. The molecule has 0 heterocycles. The van der Waals surface area contributed by atoms with Gasteiger partial charge in [-0.3, -0.25) is 9.59 Å². The van der Waals surface area contributed by atoms with Crippen molar-refractivity contribution in [2.24, 2.45) is 0 Å². The highest BCUT2D eigenvalue weighted by Gasteiger charge is 2.25. The molecule has 0 aromatic carbocycles. The Morgan fingerprint density at radius 1 is 0.353 bits per heavy atom. The lowest BCUT2D eigenvalue weighted by atomic mass is 10.1. The molecule has 0 aromatic heterocycles. The van der Waals surface area contributed by atoms with Crippen LogP contribution < -0.4 is 0 Å². The molecule has 0 saturated carbocycles. The molecule has 9 nitrogen and oxygen atoms in total. The van der Waals surface area contributed by atoms with Crippen molar-refractivity contribution in [3.8, 4) is 0 Å². The Hall–Kier alpha value is -5.61. The van der Waals surface area contributed by atoms with Gasteiger partial charge >= 0.3 is 17.9 Å². The second kappa shape index (κ2) is 64.4. The number of unbranched alkanes of at least 4 members (excludes halogenated alkanes) is 13. The monoisotopic (exact) mass is 1170 g/mol. The number of allylic oxidation sites excluding steroid dienone is 30. The summed E-state index contributed by atoms with van der Waals surface area (Å²) in [6.07, 6.45) is 95.5. The molecule has 0 bridgehead atoms. The maximum Gasteiger partial charge on any atom is 0.361 e. The molecular formula is C76H120NO8+. The van der Waals surface area contributed by atoms with Gasteiger partial charge in [0.2, 0.25) is 0 Å². The van der Waals surface area contributed by atoms with Gasteiger partial charge < -0.3 is 28.5 Å². The SMILES string of the molecule is CC/C=C\C/C=C\C/C=C\C/C=C\C/C=C\C/C=C\C/C=C\C/C=C\C/C=C\C/C=C\CCCCCCCCCCC(=O)OC(COC(=O)CCCCCCC/C=C\C/C=C\C/C=C\C/C=C\C/C=C\CC)COC(OCC[N+](C)(C)C)C(=O)O. The summed E-state index contributed by atoms with van der Waals surface area (Å²) in [6, 6.07) is 0. The van der Waals surface area contributed by atoms with E-state index in [4.69, 9.17) is 18.9 Å². The number of nitrogens with zero attached hydrogens (tertiary/aromatic N) is 1. The van der Waals surface area contributed by atoms with Crippen LogP contribution in [0.1, 0.15) is 219 Å². The van der Waals surface area contributed by atoms with Crippen molar-refractivity contribution in [3.05, 3.63) is 182 Å². The van der Waals surface area contributed by atoms with Crippen molar-refractivity contribution in [2.75, 3.05) is 47.5 Å². The lowest BCUT2D eigenvalue weighted by Gasteiger charge is -2.25. The van der Waals surface area contributed by atoms with E-state index in [0.717, 1.165) is 154 Å². The highest BCUT2D eigenvalue weighted by molar-refractivity contribution is 5.71. The summed E-state index contributed by atoms with van der Waals surface area (Å²) in [5.74, 6) is -2.06. The number of esters is 2. The zero-order chi connectivity index (χ0) is 61.9. The van der Waals surface area contributed by atoms with Crippen molar-refractivity contribution in [3.63, 3.8) is 0 Å². The zero-order valence-corrected chi connectivity index (χ0v) is 54.2. The third-order valence-electron chi connectivity index (χ3n) is 13.2. The fraction of sp³-hybridized carbons (Fsp3) is 0.566. The number of carboxylic acids is 1. The molecule has 0 rings (SSSR count). The van der Waals surface area contributed by atoms with E-state index in [9.17, 15) is 19.5 Å². The molecule has 0 amide bonds. The van der Waals surface area contributed by atoms with Crippen molar-refractivity contribution < 1.29 is 42.9 Å². The van der Waals surface area contributed by atoms with Crippen LogP contribution in [0.5, 0.6) is 0 Å². The van der Waals surface area contributed by atoms with Crippen molar-refractivity contribution in [1.82, 2.24) is 0 Å². The number of likely N-dealkylation sites (N-methyl/N-ethyl adjacent to an activating group) is 1. The Morgan fingerprint density at radius 2 is 0.635 bits per heavy atom. The van der Waals surface area contributed by atoms with Crippen LogP contribution >= 0.6 is 0 Å². The minimum Gasteiger partial charge on any atom is -0.477 e. The number of carbonyl (C=O) groups excluding carboxylic acids is 2. The van der Waals surface area contributed by atoms with Gasteiger partial charge in [0, 0.05) is 12.8 Å². The molecule has 476 valence electrons. The van der Waals surface area contributed by atoms with Crippen LogP contribution in [0.4, 0.5) is 0 Å². The van der Waals surface area contributed by atoms with Gasteiger partial charge in [-0.15, -0.1) is 0 Å². The number of hydrogen-bond acceptors (Lipinski definition) is 7. The van der Waals surface area contributed by atoms with E-state index >= 15 is 0 Å². The molecule has 0 spiro atoms. The topological polar surface area (TPSA) is 108 Å². The molecule has 0 aromatic rings. The zero-order valence-electron chi connectivity index (χ0n) is 54.2. The number of aliphatic carboxylic acids is 1. The first-order chi connectivity index (χ1) is 41.6. The van der Waals surface area contributed by atoms with E-state index in [1.54, 1.807) is 0 Å². The Labute approximate surface area is 519 Å². The molecule has 0 fully saturated rings. The Morgan fingerprint density at radius 3 is 0.941 bits per heavy atom. The first-order valence-electron chi connectivity index (χ1n) is 32.9. The summed E-state index contributed by atoms with van der Waals surface area (Å²) in [5.41, 5.74) is 0. The first kappa shape index (κ1) is 79.4. The van der Waals surface area contributed by atoms with Gasteiger partial charge in [-0.1, -0.05) is 254 Å². The summed E-state index contributed by atoms with van der Waals surface area (Å²) >= 11 is 0. The van der Waals surface area contributed by atoms with E-state index in [-0.39, 0.29) is 38.6 Å². The lowest BCUT2D eigenvalue weighted by molar-refractivity contribution is -0.870. The first-order valence-corrected chi connectivity index (χ1v) is 32.9. The van der Waals surface area contributed by atoms with Crippen molar-refractivity contribution in [2.45, 2.75) is 232 Å². The Balaban J connectivity index is 4.25. The van der Waals surface area contributed by atoms with E-state index in [0.29, 0.717) is 23.9 Å². The van der Waals surface area contributed by atoms with E-state index < -0.39 is 24.3 Å². The molecule has 0 aliphatic heterocycles. The fourth-order valence-electron chi connectivity index (χ4n) is 8.18. The van der Waals surface area contributed by atoms with Crippen LogP contribution in [0.2, 0.25) is 0 Å². The smallest absolute Gasteiger partial charge is 0.361 e. The highest BCUT2D eigenvalue weighted by Crippen LogP contribution is 2.14. The number of ether oxygens (including phenoxy) is 4. The molecule has 2 unspecified atom stereocenters. The molecule has 2 atom stereocenters. The van der Waals surface area contributed by atoms with Gasteiger partial charge in [0.25, 0.3) is 6.29 Å². The maximum absolute atomic E-state index is 12.9. The average Bonchev–Trinajstić information content (AvgIpc) is 3.49. The molecular weight excluding hydrogens is 1050 g/mol. The summed E-state index contributed by atoms with van der Waals surface area (Å²) in [7, 11) is 5.95. The van der Waals surface area contributed by atoms with Crippen LogP contribution in [-0.4, -0.2) is 87.4 Å². The average molecular weight is 1180 g/mol. The fourth-order valence-corrected chi connectivity index (χ4v) is 8.18. The summed E-state index contributed by atoms with van der Waals surface area (Å²) in [4.78, 5) is 37.5. The van der Waals surface area contributed by atoms with Gasteiger partial charge in [-0.2, -0.15) is 0 Å². The van der Waals surface area contributed by atoms with Crippen LogP contribution in [0.25, 0.3) is 0 Å². The Kier molecular flexibility index (Phi) is 60.1. The van der Waals surface area contributed by atoms with Gasteiger partial charge in [-0.05, 0) is 135 Å². The predicted octanol–water partition coefficient (Wildman–Crippen LogP) is 20.5. The third kappa shape index (κ3) is 65.8. The normalized spacial score (nSPS) is 13.9. The van der Waals surface area contributed by atoms with E-state index in [1.165, 1.54) is 25.7 Å². The minimum atomic E-state index is -1.53. The Bertz CT molecular complexity index is 2050. The van der Waals surface area contributed by atoms with Crippen molar-refractivity contribution in [1.29, 1.82) is 0 Å².